The van der Waals surface area contributed by atoms with Crippen molar-refractivity contribution in [3.63, 3.8) is 0 Å². The molecule has 2 rings (SSSR count). The number of hydrogen-bond acceptors (Lipinski definition) is 7. The van der Waals surface area contributed by atoms with Gasteiger partial charge in [-0.15, -0.1) is 0 Å². The molecule has 0 atom stereocenters. The molecule has 0 unspecified atom stereocenters. The van der Waals surface area contributed by atoms with E-state index in [9.17, 15) is 25.4 Å². The number of H-pyrrole nitrogens is 1. The van der Waals surface area contributed by atoms with Crippen LogP contribution in [0.1, 0.15) is 25.0 Å². The standard InChI is InChI=1S/C16H14BBrN4O4/c1-7(2)26-14-11(17(24)25)3-8(4-12(14)18)13-9(5-19)15(21)22-16(23)10(13)6-20/h3-4,7,24-25H,1-2H3,(H3,21,22,23). The summed E-state index contributed by atoms with van der Waals surface area (Å²) >= 11 is 3.29. The predicted molar refractivity (Wildman–Crippen MR) is 99.6 cm³/mol. The number of pyridine rings is 1. The van der Waals surface area contributed by atoms with Crippen molar-refractivity contribution in [2.75, 3.05) is 5.73 Å². The first-order valence-electron chi connectivity index (χ1n) is 7.43. The highest BCUT2D eigenvalue weighted by molar-refractivity contribution is 9.10. The summed E-state index contributed by atoms with van der Waals surface area (Å²) in [6.45, 7) is 3.54. The number of nitrogens with one attached hydrogen (secondary N) is 1. The molecule has 10 heteroatoms. The van der Waals surface area contributed by atoms with E-state index in [0.29, 0.717) is 4.47 Å². The third kappa shape index (κ3) is 3.58. The zero-order valence-corrected chi connectivity index (χ0v) is 15.5. The van der Waals surface area contributed by atoms with Crippen LogP contribution in [0, 0.1) is 22.7 Å². The van der Waals surface area contributed by atoms with Gasteiger partial charge in [-0.1, -0.05) is 6.07 Å². The Morgan fingerprint density at radius 3 is 2.38 bits per heavy atom. The lowest BCUT2D eigenvalue weighted by Crippen LogP contribution is -2.33. The van der Waals surface area contributed by atoms with Gasteiger partial charge in [-0.05, 0) is 41.4 Å². The van der Waals surface area contributed by atoms with Crippen LogP contribution in [-0.2, 0) is 0 Å². The Hall–Kier alpha value is -2.79. The normalized spacial score (nSPS) is 10.3. The van der Waals surface area contributed by atoms with Gasteiger partial charge in [0.25, 0.3) is 5.56 Å². The largest absolute Gasteiger partial charge is 0.492 e. The molecular weight excluding hydrogens is 403 g/mol. The first-order chi connectivity index (χ1) is 12.2. The zero-order valence-electron chi connectivity index (χ0n) is 13.9. The molecule has 0 aliphatic rings. The smallest absolute Gasteiger partial charge is 0.490 e. The highest BCUT2D eigenvalue weighted by Gasteiger charge is 2.25. The van der Waals surface area contributed by atoms with E-state index in [2.05, 4.69) is 20.9 Å². The summed E-state index contributed by atoms with van der Waals surface area (Å²) in [5, 5.41) is 38.1. The summed E-state index contributed by atoms with van der Waals surface area (Å²) in [6.07, 6.45) is -0.241. The summed E-state index contributed by atoms with van der Waals surface area (Å²) in [4.78, 5) is 14.3. The summed E-state index contributed by atoms with van der Waals surface area (Å²) in [7, 11) is -1.88. The molecule has 5 N–H and O–H groups in total. The maximum atomic E-state index is 12.0. The van der Waals surface area contributed by atoms with E-state index in [-0.39, 0.29) is 45.4 Å². The fourth-order valence-electron chi connectivity index (χ4n) is 2.44. The van der Waals surface area contributed by atoms with Crippen molar-refractivity contribution in [3.8, 4) is 29.0 Å². The van der Waals surface area contributed by atoms with Gasteiger partial charge in [-0.25, -0.2) is 0 Å². The molecular formula is C16H14BBrN4O4. The van der Waals surface area contributed by atoms with Crippen molar-refractivity contribution >= 4 is 34.3 Å². The molecule has 2 aromatic rings. The van der Waals surface area contributed by atoms with Crippen molar-refractivity contribution in [3.05, 3.63) is 38.1 Å². The number of halogens is 1. The fraction of sp³-hybridized carbons (Fsp3) is 0.188. The van der Waals surface area contributed by atoms with E-state index in [1.54, 1.807) is 19.9 Å². The molecule has 0 saturated carbocycles. The number of rotatable bonds is 4. The third-order valence-corrected chi connectivity index (χ3v) is 4.05. The van der Waals surface area contributed by atoms with Crippen molar-refractivity contribution in [2.45, 2.75) is 20.0 Å². The zero-order chi connectivity index (χ0) is 19.6. The second kappa shape index (κ2) is 7.62. The molecule has 0 amide bonds. The first-order valence-corrected chi connectivity index (χ1v) is 8.23. The number of nitrogens with two attached hydrogens (primary N) is 1. The summed E-state index contributed by atoms with van der Waals surface area (Å²) in [5.74, 6) is 0.0183. The van der Waals surface area contributed by atoms with Crippen molar-refractivity contribution < 1.29 is 14.8 Å². The minimum Gasteiger partial charge on any atom is -0.490 e. The van der Waals surface area contributed by atoms with E-state index in [1.165, 1.54) is 12.1 Å². The Morgan fingerprint density at radius 2 is 1.88 bits per heavy atom. The second-order valence-electron chi connectivity index (χ2n) is 5.63. The number of aromatic amines is 1. The summed E-state index contributed by atoms with van der Waals surface area (Å²) in [5.41, 5.74) is 4.81. The van der Waals surface area contributed by atoms with E-state index in [4.69, 9.17) is 10.5 Å². The Kier molecular flexibility index (Phi) is 5.73. The predicted octanol–water partition coefficient (Wildman–Crippen LogP) is 0.597. The number of aromatic nitrogens is 1. The Bertz CT molecular complexity index is 1010. The SMILES string of the molecule is CC(C)Oc1c(Br)cc(-c2c(C#N)c(N)[nH]c(=O)c2C#N)cc1B(O)O. The van der Waals surface area contributed by atoms with Gasteiger partial charge in [-0.2, -0.15) is 10.5 Å². The number of benzene rings is 1. The molecule has 132 valence electrons. The molecule has 0 aliphatic carbocycles. The lowest BCUT2D eigenvalue weighted by atomic mass is 9.77. The lowest BCUT2D eigenvalue weighted by Gasteiger charge is -2.18. The Labute approximate surface area is 157 Å². The third-order valence-electron chi connectivity index (χ3n) is 3.46. The topological polar surface area (TPSA) is 156 Å². The number of nitrogens with zero attached hydrogens (tertiary/aromatic N) is 2. The van der Waals surface area contributed by atoms with E-state index >= 15 is 0 Å². The van der Waals surface area contributed by atoms with Gasteiger partial charge in [-0.3, -0.25) is 4.79 Å². The number of hydrogen-bond donors (Lipinski definition) is 4. The fourth-order valence-corrected chi connectivity index (χ4v) is 3.01. The highest BCUT2D eigenvalue weighted by atomic mass is 79.9. The number of ether oxygens (including phenoxy) is 1. The lowest BCUT2D eigenvalue weighted by molar-refractivity contribution is 0.242. The number of nitrogen functional groups attached to an aromatic ring is 1. The van der Waals surface area contributed by atoms with Gasteiger partial charge in [0, 0.05) is 11.0 Å². The van der Waals surface area contributed by atoms with Gasteiger partial charge in [0.1, 0.15) is 34.8 Å². The second-order valence-corrected chi connectivity index (χ2v) is 6.49. The van der Waals surface area contributed by atoms with Gasteiger partial charge in [0.05, 0.1) is 10.6 Å². The quantitative estimate of drug-likeness (QED) is 0.531. The number of nitriles is 2. The average Bonchev–Trinajstić information content (AvgIpc) is 2.55. The van der Waals surface area contributed by atoms with Gasteiger partial charge in [0.15, 0.2) is 0 Å². The minimum absolute atomic E-state index is 0.00899. The van der Waals surface area contributed by atoms with E-state index in [1.807, 2.05) is 6.07 Å². The molecule has 0 saturated heterocycles. The molecule has 0 radical (unpaired) electrons. The molecule has 1 heterocycles. The summed E-state index contributed by atoms with van der Waals surface area (Å²) < 4.78 is 5.96. The monoisotopic (exact) mass is 416 g/mol. The van der Waals surface area contributed by atoms with Crippen LogP contribution < -0.4 is 21.5 Å². The van der Waals surface area contributed by atoms with E-state index in [0.717, 1.165) is 0 Å². The average molecular weight is 417 g/mol. The van der Waals surface area contributed by atoms with Gasteiger partial charge in [0.2, 0.25) is 0 Å². The molecule has 26 heavy (non-hydrogen) atoms. The van der Waals surface area contributed by atoms with Crippen LogP contribution in [0.2, 0.25) is 0 Å². The molecule has 1 aromatic carbocycles. The first kappa shape index (κ1) is 19.5. The van der Waals surface area contributed by atoms with Crippen LogP contribution >= 0.6 is 15.9 Å². The minimum atomic E-state index is -1.88. The Morgan fingerprint density at radius 1 is 1.27 bits per heavy atom. The van der Waals surface area contributed by atoms with Crippen LogP contribution in [0.25, 0.3) is 11.1 Å². The molecule has 0 fully saturated rings. The van der Waals surface area contributed by atoms with Crippen molar-refractivity contribution in [1.29, 1.82) is 10.5 Å². The highest BCUT2D eigenvalue weighted by Crippen LogP contribution is 2.33. The van der Waals surface area contributed by atoms with E-state index < -0.39 is 12.7 Å². The van der Waals surface area contributed by atoms with Crippen LogP contribution in [0.4, 0.5) is 5.82 Å². The van der Waals surface area contributed by atoms with Crippen LogP contribution in [-0.4, -0.2) is 28.3 Å². The van der Waals surface area contributed by atoms with Crippen molar-refractivity contribution in [2.24, 2.45) is 0 Å². The van der Waals surface area contributed by atoms with Crippen molar-refractivity contribution in [1.82, 2.24) is 4.98 Å². The molecule has 0 spiro atoms. The Balaban J connectivity index is 2.90. The van der Waals surface area contributed by atoms with Crippen LogP contribution in [0.5, 0.6) is 5.75 Å². The molecule has 1 aromatic heterocycles. The maximum absolute atomic E-state index is 12.0. The van der Waals surface area contributed by atoms with Gasteiger partial charge >= 0.3 is 7.12 Å². The number of anilines is 1. The van der Waals surface area contributed by atoms with Crippen LogP contribution in [0.15, 0.2) is 21.4 Å². The van der Waals surface area contributed by atoms with Gasteiger partial charge < -0.3 is 25.5 Å². The van der Waals surface area contributed by atoms with Crippen LogP contribution in [0.3, 0.4) is 0 Å². The molecule has 0 bridgehead atoms. The molecule has 0 aliphatic heterocycles. The summed E-state index contributed by atoms with van der Waals surface area (Å²) in [6, 6.07) is 6.47. The maximum Gasteiger partial charge on any atom is 0.492 e. The molecule has 8 nitrogen and oxygen atoms in total.